The van der Waals surface area contributed by atoms with Gasteiger partial charge in [-0.05, 0) is 42.2 Å². The largest absolute Gasteiger partial charge is 0.468 e. The smallest absolute Gasteiger partial charge is 0.241 e. The summed E-state index contributed by atoms with van der Waals surface area (Å²) in [7, 11) is -3.68. The molecule has 0 saturated carbocycles. The molecular formula is C17H20N2O4S. The van der Waals surface area contributed by atoms with E-state index in [4.69, 9.17) is 4.42 Å². The first-order valence-corrected chi connectivity index (χ1v) is 9.31. The first-order chi connectivity index (χ1) is 11.4. The molecule has 2 heterocycles. The number of benzene rings is 1. The van der Waals surface area contributed by atoms with E-state index in [2.05, 4.69) is 11.6 Å². The first kappa shape index (κ1) is 16.7. The summed E-state index contributed by atoms with van der Waals surface area (Å²) in [4.78, 5) is 13.6. The molecule has 0 bridgehead atoms. The standard InChI is InChI=1S/C17H20N2O4S/c1-12-7-8-19(13(2)20)17-10-15(5-6-16(12)17)24(21,22)18-11-14-4-3-9-23-14/h3-6,9-10,12,18H,7-8,11H2,1-2H3. The number of rotatable bonds is 4. The van der Waals surface area contributed by atoms with Crippen LogP contribution in [0.15, 0.2) is 45.9 Å². The maximum Gasteiger partial charge on any atom is 0.241 e. The van der Waals surface area contributed by atoms with Crippen LogP contribution in [0.1, 0.15) is 37.5 Å². The molecule has 24 heavy (non-hydrogen) atoms. The minimum Gasteiger partial charge on any atom is -0.468 e. The van der Waals surface area contributed by atoms with Crippen molar-refractivity contribution in [2.45, 2.75) is 37.6 Å². The van der Waals surface area contributed by atoms with E-state index in [0.717, 1.165) is 12.0 Å². The van der Waals surface area contributed by atoms with Gasteiger partial charge in [-0.2, -0.15) is 0 Å². The quantitative estimate of drug-likeness (QED) is 0.921. The number of hydrogen-bond donors (Lipinski definition) is 1. The fourth-order valence-corrected chi connectivity index (χ4v) is 3.94. The zero-order chi connectivity index (χ0) is 17.3. The SMILES string of the molecule is CC(=O)N1CCC(C)c2ccc(S(=O)(=O)NCc3ccco3)cc21. The molecule has 0 radical (unpaired) electrons. The Kier molecular flexibility index (Phi) is 4.47. The molecule has 0 fully saturated rings. The van der Waals surface area contributed by atoms with Gasteiger partial charge in [-0.3, -0.25) is 4.79 Å². The van der Waals surface area contributed by atoms with Crippen molar-refractivity contribution in [3.8, 4) is 0 Å². The molecule has 1 N–H and O–H groups in total. The Morgan fingerprint density at radius 2 is 2.17 bits per heavy atom. The van der Waals surface area contributed by atoms with E-state index >= 15 is 0 Å². The summed E-state index contributed by atoms with van der Waals surface area (Å²) in [6, 6.07) is 8.38. The summed E-state index contributed by atoms with van der Waals surface area (Å²) in [5, 5.41) is 0. The van der Waals surface area contributed by atoms with Crippen LogP contribution in [0.3, 0.4) is 0 Å². The number of carbonyl (C=O) groups excluding carboxylic acids is 1. The van der Waals surface area contributed by atoms with Gasteiger partial charge in [0.2, 0.25) is 15.9 Å². The molecule has 1 aliphatic rings. The summed E-state index contributed by atoms with van der Waals surface area (Å²) in [6.45, 7) is 4.27. The number of nitrogens with zero attached hydrogens (tertiary/aromatic N) is 1. The summed E-state index contributed by atoms with van der Waals surface area (Å²) >= 11 is 0. The summed E-state index contributed by atoms with van der Waals surface area (Å²) in [5.74, 6) is 0.750. The predicted octanol–water partition coefficient (Wildman–Crippen LogP) is 2.62. The summed E-state index contributed by atoms with van der Waals surface area (Å²) < 4.78 is 32.7. The van der Waals surface area contributed by atoms with E-state index in [0.29, 0.717) is 23.9 Å². The highest BCUT2D eigenvalue weighted by Gasteiger charge is 2.27. The Hall–Kier alpha value is -2.12. The van der Waals surface area contributed by atoms with E-state index in [1.165, 1.54) is 13.2 Å². The van der Waals surface area contributed by atoms with Crippen molar-refractivity contribution in [3.05, 3.63) is 47.9 Å². The minimum atomic E-state index is -3.68. The third kappa shape index (κ3) is 3.22. The van der Waals surface area contributed by atoms with Gasteiger partial charge in [0.25, 0.3) is 0 Å². The Labute approximate surface area is 141 Å². The highest BCUT2D eigenvalue weighted by Crippen LogP contribution is 2.36. The molecule has 2 aromatic rings. The predicted molar refractivity (Wildman–Crippen MR) is 90.2 cm³/mol. The van der Waals surface area contributed by atoms with Crippen LogP contribution in [-0.4, -0.2) is 20.9 Å². The van der Waals surface area contributed by atoms with Crippen LogP contribution in [0, 0.1) is 0 Å². The van der Waals surface area contributed by atoms with Crippen LogP contribution < -0.4 is 9.62 Å². The maximum atomic E-state index is 12.5. The number of furan rings is 1. The average Bonchev–Trinajstić information content (AvgIpc) is 3.06. The molecule has 7 heteroatoms. The number of sulfonamides is 1. The van der Waals surface area contributed by atoms with Gasteiger partial charge >= 0.3 is 0 Å². The van der Waals surface area contributed by atoms with Crippen LogP contribution in [0.25, 0.3) is 0 Å². The fourth-order valence-electron chi connectivity index (χ4n) is 2.93. The Balaban J connectivity index is 1.91. The molecule has 1 aromatic heterocycles. The van der Waals surface area contributed by atoms with Gasteiger partial charge in [-0.25, -0.2) is 13.1 Å². The lowest BCUT2D eigenvalue weighted by Crippen LogP contribution is -2.35. The van der Waals surface area contributed by atoms with Crippen molar-refractivity contribution in [3.63, 3.8) is 0 Å². The molecule has 1 atom stereocenters. The van der Waals surface area contributed by atoms with Crippen LogP contribution in [-0.2, 0) is 21.4 Å². The molecule has 1 unspecified atom stereocenters. The van der Waals surface area contributed by atoms with E-state index in [1.54, 1.807) is 35.2 Å². The topological polar surface area (TPSA) is 79.6 Å². The highest BCUT2D eigenvalue weighted by molar-refractivity contribution is 7.89. The van der Waals surface area contributed by atoms with E-state index in [-0.39, 0.29) is 17.3 Å². The maximum absolute atomic E-state index is 12.5. The van der Waals surface area contributed by atoms with Gasteiger partial charge in [0.15, 0.2) is 0 Å². The van der Waals surface area contributed by atoms with Gasteiger partial charge in [0, 0.05) is 19.2 Å². The fraction of sp³-hybridized carbons (Fsp3) is 0.353. The molecule has 3 rings (SSSR count). The summed E-state index contributed by atoms with van der Waals surface area (Å²) in [5.41, 5.74) is 1.68. The van der Waals surface area contributed by atoms with Crippen LogP contribution in [0.5, 0.6) is 0 Å². The van der Waals surface area contributed by atoms with Crippen molar-refractivity contribution in [2.75, 3.05) is 11.4 Å². The third-order valence-corrected chi connectivity index (χ3v) is 5.72. The molecule has 1 aromatic carbocycles. The van der Waals surface area contributed by atoms with Gasteiger partial charge < -0.3 is 9.32 Å². The lowest BCUT2D eigenvalue weighted by Gasteiger charge is -2.32. The number of hydrogen-bond acceptors (Lipinski definition) is 4. The highest BCUT2D eigenvalue weighted by atomic mass is 32.2. The minimum absolute atomic E-state index is 0.0822. The molecule has 0 saturated heterocycles. The van der Waals surface area contributed by atoms with Gasteiger partial charge in [0.1, 0.15) is 5.76 Å². The number of carbonyl (C=O) groups is 1. The lowest BCUT2D eigenvalue weighted by molar-refractivity contribution is -0.116. The molecule has 1 aliphatic heterocycles. The van der Waals surface area contributed by atoms with Crippen LogP contribution >= 0.6 is 0 Å². The number of amides is 1. The second kappa shape index (κ2) is 6.41. The zero-order valence-electron chi connectivity index (χ0n) is 13.7. The number of anilines is 1. The molecule has 0 aliphatic carbocycles. The third-order valence-electron chi connectivity index (χ3n) is 4.32. The summed E-state index contributed by atoms with van der Waals surface area (Å²) in [6.07, 6.45) is 2.37. The van der Waals surface area contributed by atoms with Crippen molar-refractivity contribution < 1.29 is 17.6 Å². The number of fused-ring (bicyclic) bond motifs is 1. The Bertz CT molecular complexity index is 843. The molecule has 128 valence electrons. The van der Waals surface area contributed by atoms with E-state index in [1.807, 2.05) is 0 Å². The average molecular weight is 348 g/mol. The molecule has 0 spiro atoms. The molecule has 6 nitrogen and oxygen atoms in total. The molecular weight excluding hydrogens is 328 g/mol. The lowest BCUT2D eigenvalue weighted by atomic mass is 9.91. The van der Waals surface area contributed by atoms with E-state index < -0.39 is 10.0 Å². The second-order valence-corrected chi connectivity index (χ2v) is 7.75. The van der Waals surface area contributed by atoms with Crippen LogP contribution in [0.2, 0.25) is 0 Å². The molecule has 1 amide bonds. The monoisotopic (exact) mass is 348 g/mol. The Morgan fingerprint density at radius 1 is 1.38 bits per heavy atom. The van der Waals surface area contributed by atoms with Crippen molar-refractivity contribution in [1.82, 2.24) is 4.72 Å². The van der Waals surface area contributed by atoms with E-state index in [9.17, 15) is 13.2 Å². The van der Waals surface area contributed by atoms with Gasteiger partial charge in [-0.1, -0.05) is 13.0 Å². The van der Waals surface area contributed by atoms with Gasteiger partial charge in [0.05, 0.1) is 17.7 Å². The first-order valence-electron chi connectivity index (χ1n) is 7.82. The van der Waals surface area contributed by atoms with Crippen molar-refractivity contribution >= 4 is 21.6 Å². The van der Waals surface area contributed by atoms with Crippen molar-refractivity contribution in [1.29, 1.82) is 0 Å². The Morgan fingerprint density at radius 3 is 2.83 bits per heavy atom. The van der Waals surface area contributed by atoms with Crippen LogP contribution in [0.4, 0.5) is 5.69 Å². The van der Waals surface area contributed by atoms with Gasteiger partial charge in [-0.15, -0.1) is 0 Å². The number of nitrogens with one attached hydrogen (secondary N) is 1. The normalized spacial score (nSPS) is 17.6. The zero-order valence-corrected chi connectivity index (χ0v) is 14.5. The second-order valence-electron chi connectivity index (χ2n) is 5.98. The van der Waals surface area contributed by atoms with Crippen molar-refractivity contribution in [2.24, 2.45) is 0 Å².